The molecule has 2 aliphatic carbocycles. The summed E-state index contributed by atoms with van der Waals surface area (Å²) in [6.07, 6.45) is 3.50. The standard InChI is InChI=1S/C23H23NO4S/c25-21-20(29-23(28-21)11-5-6-12-23)13-24-22(26)27-14-19-17-9-3-1-7-15(17)16-8-2-4-10-18(16)19/h1-4,7-10,19-20H,5-6,11-14H2,(H,24,26). The number of ether oxygens (including phenoxy) is 2. The Kier molecular flexibility index (Phi) is 4.74. The first-order valence-electron chi connectivity index (χ1n) is 10.1. The topological polar surface area (TPSA) is 64.6 Å². The molecule has 2 aromatic carbocycles. The van der Waals surface area contributed by atoms with Crippen molar-refractivity contribution in [1.29, 1.82) is 0 Å². The van der Waals surface area contributed by atoms with Gasteiger partial charge in [-0.2, -0.15) is 0 Å². The van der Waals surface area contributed by atoms with Gasteiger partial charge in [0.1, 0.15) is 11.9 Å². The van der Waals surface area contributed by atoms with Gasteiger partial charge in [0.05, 0.1) is 0 Å². The largest absolute Gasteiger partial charge is 0.449 e. The van der Waals surface area contributed by atoms with Crippen LogP contribution in [0.25, 0.3) is 11.1 Å². The number of hydrogen-bond donors (Lipinski definition) is 1. The average molecular weight is 410 g/mol. The van der Waals surface area contributed by atoms with Crippen LogP contribution in [0.1, 0.15) is 42.7 Å². The molecule has 0 bridgehead atoms. The highest BCUT2D eigenvalue weighted by molar-refractivity contribution is 8.02. The van der Waals surface area contributed by atoms with Gasteiger partial charge in [0.2, 0.25) is 0 Å². The van der Waals surface area contributed by atoms with Crippen LogP contribution in [0.15, 0.2) is 48.5 Å². The lowest BCUT2D eigenvalue weighted by molar-refractivity contribution is -0.147. The number of thioether (sulfide) groups is 1. The van der Waals surface area contributed by atoms with E-state index >= 15 is 0 Å². The van der Waals surface area contributed by atoms with Crippen molar-refractivity contribution in [3.8, 4) is 11.1 Å². The molecule has 1 unspecified atom stereocenters. The molecule has 1 saturated heterocycles. The Bertz CT molecular complexity index is 908. The van der Waals surface area contributed by atoms with Gasteiger partial charge in [-0.3, -0.25) is 4.79 Å². The van der Waals surface area contributed by atoms with Crippen molar-refractivity contribution in [3.05, 3.63) is 59.7 Å². The number of nitrogens with one attached hydrogen (secondary N) is 1. The molecule has 1 amide bonds. The molecule has 6 heteroatoms. The minimum atomic E-state index is -0.493. The zero-order valence-corrected chi connectivity index (χ0v) is 16.9. The number of amides is 1. The molecule has 1 heterocycles. The molecule has 1 saturated carbocycles. The normalized spacial score (nSPS) is 21.7. The van der Waals surface area contributed by atoms with Crippen molar-refractivity contribution < 1.29 is 19.1 Å². The van der Waals surface area contributed by atoms with Crippen LogP contribution < -0.4 is 5.32 Å². The smallest absolute Gasteiger partial charge is 0.407 e. The molecule has 29 heavy (non-hydrogen) atoms. The first-order chi connectivity index (χ1) is 14.2. The maximum absolute atomic E-state index is 12.3. The second kappa shape index (κ2) is 7.41. The van der Waals surface area contributed by atoms with Gasteiger partial charge >= 0.3 is 12.1 Å². The van der Waals surface area contributed by atoms with Crippen LogP contribution in [-0.4, -0.2) is 35.4 Å². The van der Waals surface area contributed by atoms with E-state index in [0.717, 1.165) is 25.7 Å². The second-order valence-corrected chi connectivity index (χ2v) is 9.40. The van der Waals surface area contributed by atoms with E-state index in [4.69, 9.17) is 9.47 Å². The van der Waals surface area contributed by atoms with Crippen LogP contribution >= 0.6 is 11.8 Å². The van der Waals surface area contributed by atoms with Crippen LogP contribution in [0, 0.1) is 0 Å². The number of benzene rings is 2. The summed E-state index contributed by atoms with van der Waals surface area (Å²) in [6, 6.07) is 16.5. The van der Waals surface area contributed by atoms with E-state index in [2.05, 4.69) is 29.6 Å². The highest BCUT2D eigenvalue weighted by Crippen LogP contribution is 2.49. The zero-order valence-electron chi connectivity index (χ0n) is 16.1. The number of carbonyl (C=O) groups excluding carboxylic acids is 2. The summed E-state index contributed by atoms with van der Waals surface area (Å²) in [5.41, 5.74) is 4.76. The molecular weight excluding hydrogens is 386 g/mol. The van der Waals surface area contributed by atoms with Crippen molar-refractivity contribution in [2.75, 3.05) is 13.2 Å². The molecule has 1 spiro atoms. The van der Waals surface area contributed by atoms with Gasteiger partial charge in [-0.05, 0) is 47.9 Å². The van der Waals surface area contributed by atoms with E-state index in [9.17, 15) is 9.59 Å². The third kappa shape index (κ3) is 3.39. The first-order valence-corrected chi connectivity index (χ1v) is 11.0. The Morgan fingerprint density at radius 1 is 1.07 bits per heavy atom. The Morgan fingerprint density at radius 2 is 1.69 bits per heavy atom. The summed E-state index contributed by atoms with van der Waals surface area (Å²) >= 11 is 1.55. The van der Waals surface area contributed by atoms with E-state index in [1.54, 1.807) is 11.8 Å². The van der Waals surface area contributed by atoms with Crippen molar-refractivity contribution in [2.45, 2.75) is 41.8 Å². The fourth-order valence-electron chi connectivity index (χ4n) is 4.66. The molecular formula is C23H23NO4S. The summed E-state index contributed by atoms with van der Waals surface area (Å²) in [4.78, 5) is 24.1. The molecule has 2 fully saturated rings. The van der Waals surface area contributed by atoms with E-state index in [1.807, 2.05) is 24.3 Å². The van der Waals surface area contributed by atoms with Gasteiger partial charge in [0, 0.05) is 12.5 Å². The third-order valence-corrected chi connectivity index (χ3v) is 7.61. The lowest BCUT2D eigenvalue weighted by atomic mass is 9.98. The molecule has 0 radical (unpaired) electrons. The Morgan fingerprint density at radius 3 is 2.34 bits per heavy atom. The van der Waals surface area contributed by atoms with Gasteiger partial charge in [0.25, 0.3) is 0 Å². The van der Waals surface area contributed by atoms with E-state index in [-0.39, 0.29) is 35.2 Å². The number of esters is 1. The van der Waals surface area contributed by atoms with Crippen LogP contribution in [0.4, 0.5) is 4.79 Å². The van der Waals surface area contributed by atoms with Gasteiger partial charge < -0.3 is 14.8 Å². The lowest BCUT2D eigenvalue weighted by Gasteiger charge is -2.19. The van der Waals surface area contributed by atoms with Gasteiger partial charge in [-0.25, -0.2) is 4.79 Å². The Hall–Kier alpha value is -2.47. The van der Waals surface area contributed by atoms with E-state index < -0.39 is 6.09 Å². The summed E-state index contributed by atoms with van der Waals surface area (Å²) in [5, 5.41) is 2.40. The maximum Gasteiger partial charge on any atom is 0.407 e. The predicted molar refractivity (Wildman–Crippen MR) is 112 cm³/mol. The number of rotatable bonds is 4. The SMILES string of the molecule is O=C(NCC1SC2(CCCC2)OC1=O)OCC1c2ccccc2-c2ccccc21. The zero-order chi connectivity index (χ0) is 19.8. The third-order valence-electron chi connectivity index (χ3n) is 6.05. The van der Waals surface area contributed by atoms with Crippen molar-refractivity contribution >= 4 is 23.8 Å². The molecule has 5 rings (SSSR count). The minimum Gasteiger partial charge on any atom is -0.449 e. The molecule has 1 aliphatic heterocycles. The van der Waals surface area contributed by atoms with Crippen LogP contribution in [0.3, 0.4) is 0 Å². The van der Waals surface area contributed by atoms with Crippen LogP contribution in [-0.2, 0) is 14.3 Å². The molecule has 5 nitrogen and oxygen atoms in total. The highest BCUT2D eigenvalue weighted by atomic mass is 32.2. The summed E-state index contributed by atoms with van der Waals surface area (Å²) in [7, 11) is 0. The molecule has 0 aromatic heterocycles. The summed E-state index contributed by atoms with van der Waals surface area (Å²) in [5.74, 6) is -0.198. The quantitative estimate of drug-likeness (QED) is 0.756. The number of fused-ring (bicyclic) bond motifs is 3. The molecule has 2 aromatic rings. The Labute approximate surface area is 174 Å². The fraction of sp³-hybridized carbons (Fsp3) is 0.391. The number of alkyl carbamates (subject to hydrolysis) is 1. The molecule has 150 valence electrons. The number of hydrogen-bond acceptors (Lipinski definition) is 5. The average Bonchev–Trinajstić information content (AvgIpc) is 3.41. The van der Waals surface area contributed by atoms with Crippen LogP contribution in [0.5, 0.6) is 0 Å². The first kappa shape index (κ1) is 18.6. The van der Waals surface area contributed by atoms with E-state index in [1.165, 1.54) is 22.3 Å². The molecule has 1 N–H and O–H groups in total. The number of carbonyl (C=O) groups is 2. The maximum atomic E-state index is 12.3. The lowest BCUT2D eigenvalue weighted by Crippen LogP contribution is -2.34. The highest BCUT2D eigenvalue weighted by Gasteiger charge is 2.49. The Balaban J connectivity index is 1.19. The van der Waals surface area contributed by atoms with Crippen molar-refractivity contribution in [2.24, 2.45) is 0 Å². The molecule has 1 atom stereocenters. The van der Waals surface area contributed by atoms with Gasteiger partial charge in [0.15, 0.2) is 4.93 Å². The monoisotopic (exact) mass is 409 g/mol. The van der Waals surface area contributed by atoms with Gasteiger partial charge in [-0.1, -0.05) is 60.3 Å². The predicted octanol–water partition coefficient (Wildman–Crippen LogP) is 4.45. The van der Waals surface area contributed by atoms with E-state index in [0.29, 0.717) is 0 Å². The van der Waals surface area contributed by atoms with Crippen LogP contribution in [0.2, 0.25) is 0 Å². The molecule has 3 aliphatic rings. The minimum absolute atomic E-state index is 0.0285. The second-order valence-electron chi connectivity index (χ2n) is 7.85. The van der Waals surface area contributed by atoms with Gasteiger partial charge in [-0.15, -0.1) is 0 Å². The van der Waals surface area contributed by atoms with Crippen molar-refractivity contribution in [1.82, 2.24) is 5.32 Å². The van der Waals surface area contributed by atoms with Crippen molar-refractivity contribution in [3.63, 3.8) is 0 Å². The fourth-order valence-corrected chi connectivity index (χ4v) is 6.15. The summed E-state index contributed by atoms with van der Waals surface area (Å²) < 4.78 is 11.1. The summed E-state index contributed by atoms with van der Waals surface area (Å²) in [6.45, 7) is 0.508.